The lowest BCUT2D eigenvalue weighted by molar-refractivity contribution is -0.124. The minimum Gasteiger partial charge on any atom is -0.374 e. The van der Waals surface area contributed by atoms with E-state index in [2.05, 4.69) is 41.4 Å². The van der Waals surface area contributed by atoms with Crippen molar-refractivity contribution in [2.75, 3.05) is 13.1 Å². The van der Waals surface area contributed by atoms with E-state index in [1.165, 1.54) is 11.1 Å². The van der Waals surface area contributed by atoms with Gasteiger partial charge in [0.25, 0.3) is 0 Å². The lowest BCUT2D eigenvalue weighted by atomic mass is 10.1. The maximum atomic E-state index is 11.5. The molecule has 1 atom stereocenters. The molecule has 0 aliphatic carbocycles. The lowest BCUT2D eigenvalue weighted by Crippen LogP contribution is -2.37. The third-order valence-electron chi connectivity index (χ3n) is 3.68. The minimum atomic E-state index is -0.693. The molecular weight excluding hydrogens is 252 g/mol. The summed E-state index contributed by atoms with van der Waals surface area (Å²) >= 11 is 0. The summed E-state index contributed by atoms with van der Waals surface area (Å²) in [4.78, 5) is 13.9. The first-order valence-corrected chi connectivity index (χ1v) is 7.39. The Kier molecular flexibility index (Phi) is 5.56. The van der Waals surface area contributed by atoms with Gasteiger partial charge in [0, 0.05) is 13.0 Å². The molecule has 1 aromatic rings. The average Bonchev–Trinajstić information content (AvgIpc) is 2.40. The standard InChI is InChI=1S/C16H24N2O2/c1-13-6-8-14(9-7-13)12-18-10-2-4-15(19)17-16(20)5-3-11-18/h6-9,15,19H,2-5,10-12H2,1H3,(H,17,20). The molecule has 0 bridgehead atoms. The Hall–Kier alpha value is -1.39. The van der Waals surface area contributed by atoms with E-state index in [9.17, 15) is 9.90 Å². The van der Waals surface area contributed by atoms with Crippen LogP contribution < -0.4 is 5.32 Å². The van der Waals surface area contributed by atoms with Gasteiger partial charge in [-0.1, -0.05) is 29.8 Å². The largest absolute Gasteiger partial charge is 0.374 e. The molecule has 2 rings (SSSR count). The summed E-state index contributed by atoms with van der Waals surface area (Å²) in [5, 5.41) is 12.3. The summed E-state index contributed by atoms with van der Waals surface area (Å²) in [6, 6.07) is 8.59. The highest BCUT2D eigenvalue weighted by Crippen LogP contribution is 2.10. The second kappa shape index (κ2) is 7.41. The van der Waals surface area contributed by atoms with Gasteiger partial charge in [-0.25, -0.2) is 0 Å². The van der Waals surface area contributed by atoms with Crippen LogP contribution in [0.25, 0.3) is 0 Å². The van der Waals surface area contributed by atoms with Gasteiger partial charge < -0.3 is 10.4 Å². The van der Waals surface area contributed by atoms with Gasteiger partial charge in [0.05, 0.1) is 0 Å². The van der Waals surface area contributed by atoms with Gasteiger partial charge in [-0.2, -0.15) is 0 Å². The van der Waals surface area contributed by atoms with Crippen LogP contribution >= 0.6 is 0 Å². The fraction of sp³-hybridized carbons (Fsp3) is 0.562. The number of hydrogen-bond donors (Lipinski definition) is 2. The van der Waals surface area contributed by atoms with E-state index in [1.54, 1.807) is 0 Å². The van der Waals surface area contributed by atoms with E-state index < -0.39 is 6.23 Å². The Balaban J connectivity index is 1.91. The highest BCUT2D eigenvalue weighted by molar-refractivity contribution is 5.75. The summed E-state index contributed by atoms with van der Waals surface area (Å²) in [5.74, 6) is -0.0466. The smallest absolute Gasteiger partial charge is 0.222 e. The number of nitrogens with zero attached hydrogens (tertiary/aromatic N) is 1. The molecule has 4 heteroatoms. The molecule has 110 valence electrons. The maximum absolute atomic E-state index is 11.5. The number of nitrogens with one attached hydrogen (secondary N) is 1. The van der Waals surface area contributed by atoms with E-state index in [0.29, 0.717) is 12.8 Å². The Morgan fingerprint density at radius 3 is 2.70 bits per heavy atom. The van der Waals surface area contributed by atoms with Crippen LogP contribution in [-0.2, 0) is 11.3 Å². The van der Waals surface area contributed by atoms with Crippen LogP contribution in [0.4, 0.5) is 0 Å². The van der Waals surface area contributed by atoms with Gasteiger partial charge in [0.2, 0.25) is 5.91 Å². The first-order chi connectivity index (χ1) is 9.63. The highest BCUT2D eigenvalue weighted by Gasteiger charge is 2.14. The van der Waals surface area contributed by atoms with Crippen molar-refractivity contribution in [3.8, 4) is 0 Å². The van der Waals surface area contributed by atoms with E-state index >= 15 is 0 Å². The van der Waals surface area contributed by atoms with Crippen LogP contribution in [0.5, 0.6) is 0 Å². The molecule has 1 fully saturated rings. The molecule has 1 aromatic carbocycles. The topological polar surface area (TPSA) is 52.6 Å². The van der Waals surface area contributed by atoms with Crippen molar-refractivity contribution in [3.63, 3.8) is 0 Å². The Labute approximate surface area is 120 Å². The van der Waals surface area contributed by atoms with Crippen molar-refractivity contribution in [2.45, 2.75) is 45.4 Å². The SMILES string of the molecule is Cc1ccc(CN2CCCC(=O)NC(O)CCC2)cc1. The van der Waals surface area contributed by atoms with E-state index in [0.717, 1.165) is 32.5 Å². The molecule has 1 aliphatic heterocycles. The quantitative estimate of drug-likeness (QED) is 0.866. The molecule has 0 radical (unpaired) electrons. The number of amides is 1. The average molecular weight is 276 g/mol. The Bertz CT molecular complexity index is 431. The number of hydrogen-bond acceptors (Lipinski definition) is 3. The van der Waals surface area contributed by atoms with Crippen LogP contribution in [0.2, 0.25) is 0 Å². The predicted molar refractivity (Wildman–Crippen MR) is 79.1 cm³/mol. The second-order valence-electron chi connectivity index (χ2n) is 5.59. The predicted octanol–water partition coefficient (Wildman–Crippen LogP) is 1.81. The summed E-state index contributed by atoms with van der Waals surface area (Å²) in [6.07, 6.45) is 2.15. The Morgan fingerprint density at radius 1 is 1.25 bits per heavy atom. The summed E-state index contributed by atoms with van der Waals surface area (Å²) in [7, 11) is 0. The molecule has 1 heterocycles. The van der Waals surface area contributed by atoms with Crippen molar-refractivity contribution >= 4 is 5.91 Å². The van der Waals surface area contributed by atoms with Crippen LogP contribution in [0, 0.1) is 6.92 Å². The summed E-state index contributed by atoms with van der Waals surface area (Å²) in [5.41, 5.74) is 2.58. The molecule has 20 heavy (non-hydrogen) atoms. The zero-order valence-electron chi connectivity index (χ0n) is 12.1. The number of aliphatic hydroxyl groups excluding tert-OH is 1. The van der Waals surface area contributed by atoms with Gasteiger partial charge in [0.1, 0.15) is 6.23 Å². The number of benzene rings is 1. The molecule has 0 saturated carbocycles. The molecule has 2 N–H and O–H groups in total. The fourth-order valence-corrected chi connectivity index (χ4v) is 2.52. The van der Waals surface area contributed by atoms with Crippen LogP contribution in [-0.4, -0.2) is 35.2 Å². The van der Waals surface area contributed by atoms with E-state index in [1.807, 2.05) is 0 Å². The molecule has 1 unspecified atom stereocenters. The minimum absolute atomic E-state index is 0.0466. The summed E-state index contributed by atoms with van der Waals surface area (Å²) < 4.78 is 0. The molecule has 4 nitrogen and oxygen atoms in total. The first-order valence-electron chi connectivity index (χ1n) is 7.39. The summed E-state index contributed by atoms with van der Waals surface area (Å²) in [6.45, 7) is 4.89. The van der Waals surface area contributed by atoms with E-state index in [-0.39, 0.29) is 5.91 Å². The second-order valence-corrected chi connectivity index (χ2v) is 5.59. The monoisotopic (exact) mass is 276 g/mol. The highest BCUT2D eigenvalue weighted by atomic mass is 16.3. The van der Waals surface area contributed by atoms with Gasteiger partial charge in [-0.3, -0.25) is 9.69 Å². The van der Waals surface area contributed by atoms with Crippen molar-refractivity contribution in [1.82, 2.24) is 10.2 Å². The van der Waals surface area contributed by atoms with Crippen LogP contribution in [0.15, 0.2) is 24.3 Å². The number of aliphatic hydroxyl groups is 1. The van der Waals surface area contributed by atoms with E-state index in [4.69, 9.17) is 0 Å². The van der Waals surface area contributed by atoms with Gasteiger partial charge >= 0.3 is 0 Å². The molecule has 0 aromatic heterocycles. The number of rotatable bonds is 2. The van der Waals surface area contributed by atoms with Crippen LogP contribution in [0.1, 0.15) is 36.8 Å². The third-order valence-corrected chi connectivity index (χ3v) is 3.68. The number of carbonyl (C=O) groups excluding carboxylic acids is 1. The maximum Gasteiger partial charge on any atom is 0.222 e. The lowest BCUT2D eigenvalue weighted by Gasteiger charge is -2.25. The number of aryl methyl sites for hydroxylation is 1. The Morgan fingerprint density at radius 2 is 1.95 bits per heavy atom. The van der Waals surface area contributed by atoms with Crippen molar-refractivity contribution in [1.29, 1.82) is 0 Å². The fourth-order valence-electron chi connectivity index (χ4n) is 2.52. The number of carbonyl (C=O) groups is 1. The molecule has 1 saturated heterocycles. The third kappa shape index (κ3) is 4.94. The molecule has 0 spiro atoms. The first kappa shape index (κ1) is 15.0. The van der Waals surface area contributed by atoms with Crippen molar-refractivity contribution in [3.05, 3.63) is 35.4 Å². The van der Waals surface area contributed by atoms with Crippen molar-refractivity contribution in [2.24, 2.45) is 0 Å². The zero-order chi connectivity index (χ0) is 14.4. The van der Waals surface area contributed by atoms with Gasteiger partial charge in [-0.15, -0.1) is 0 Å². The normalized spacial score (nSPS) is 22.3. The van der Waals surface area contributed by atoms with Crippen molar-refractivity contribution < 1.29 is 9.90 Å². The molecular formula is C16H24N2O2. The zero-order valence-corrected chi connectivity index (χ0v) is 12.1. The molecule has 1 amide bonds. The van der Waals surface area contributed by atoms with Crippen LogP contribution in [0.3, 0.4) is 0 Å². The van der Waals surface area contributed by atoms with Gasteiger partial charge in [0.15, 0.2) is 0 Å². The van der Waals surface area contributed by atoms with Gasteiger partial charge in [-0.05, 0) is 44.8 Å². The molecule has 1 aliphatic rings.